The Hall–Kier alpha value is -3.54. The maximum atomic E-state index is 5.45. The zero-order valence-corrected chi connectivity index (χ0v) is 15.2. The summed E-state index contributed by atoms with van der Waals surface area (Å²) < 4.78 is 5.45. The van der Waals surface area contributed by atoms with Gasteiger partial charge < -0.3 is 9.84 Å². The number of nitrogens with one attached hydrogen (secondary N) is 1. The van der Waals surface area contributed by atoms with Gasteiger partial charge in [0.25, 0.3) is 0 Å². The number of hydrogen-bond acceptors (Lipinski definition) is 6. The van der Waals surface area contributed by atoms with Gasteiger partial charge >= 0.3 is 0 Å². The second-order valence-electron chi connectivity index (χ2n) is 6.22. The van der Waals surface area contributed by atoms with Crippen molar-refractivity contribution >= 4 is 5.82 Å². The van der Waals surface area contributed by atoms with Crippen molar-refractivity contribution in [3.05, 3.63) is 77.7 Å². The quantitative estimate of drug-likeness (QED) is 0.570. The van der Waals surface area contributed by atoms with Crippen LogP contribution in [-0.2, 0) is 6.54 Å². The SMILES string of the molecule is Cc1nc(-c2ccccn2)nc(NCc2cc(-c3ccccc3)on2)c1C. The molecular formula is C21H19N5O. The Balaban J connectivity index is 1.55. The molecule has 4 rings (SSSR count). The van der Waals surface area contributed by atoms with Crippen LogP contribution in [0.4, 0.5) is 5.82 Å². The Bertz CT molecular complexity index is 1040. The molecule has 134 valence electrons. The van der Waals surface area contributed by atoms with Crippen molar-refractivity contribution in [2.24, 2.45) is 0 Å². The minimum absolute atomic E-state index is 0.509. The van der Waals surface area contributed by atoms with E-state index < -0.39 is 0 Å². The van der Waals surface area contributed by atoms with E-state index in [1.165, 1.54) is 0 Å². The van der Waals surface area contributed by atoms with Crippen LogP contribution in [0.15, 0.2) is 65.3 Å². The molecule has 1 aromatic carbocycles. The molecule has 4 aromatic rings. The lowest BCUT2D eigenvalue weighted by Gasteiger charge is -2.11. The van der Waals surface area contributed by atoms with Crippen LogP contribution in [0.3, 0.4) is 0 Å². The highest BCUT2D eigenvalue weighted by atomic mass is 16.5. The van der Waals surface area contributed by atoms with Crippen molar-refractivity contribution in [3.8, 4) is 22.8 Å². The number of aromatic nitrogens is 4. The topological polar surface area (TPSA) is 76.7 Å². The minimum atomic E-state index is 0.509. The average Bonchev–Trinajstić information content (AvgIpc) is 3.19. The summed E-state index contributed by atoms with van der Waals surface area (Å²) in [5, 5.41) is 7.49. The van der Waals surface area contributed by atoms with E-state index in [0.717, 1.165) is 39.8 Å². The van der Waals surface area contributed by atoms with Crippen molar-refractivity contribution < 1.29 is 4.52 Å². The van der Waals surface area contributed by atoms with Crippen LogP contribution in [0.25, 0.3) is 22.8 Å². The molecule has 3 heterocycles. The average molecular weight is 357 g/mol. The second-order valence-corrected chi connectivity index (χ2v) is 6.22. The molecule has 27 heavy (non-hydrogen) atoms. The summed E-state index contributed by atoms with van der Waals surface area (Å²) in [7, 11) is 0. The first-order chi connectivity index (χ1) is 13.2. The fourth-order valence-corrected chi connectivity index (χ4v) is 2.72. The first-order valence-electron chi connectivity index (χ1n) is 8.72. The van der Waals surface area contributed by atoms with Gasteiger partial charge in [0, 0.05) is 29.1 Å². The molecule has 0 aliphatic heterocycles. The summed E-state index contributed by atoms with van der Waals surface area (Å²) in [6.07, 6.45) is 1.74. The van der Waals surface area contributed by atoms with Gasteiger partial charge in [-0.15, -0.1) is 0 Å². The summed E-state index contributed by atoms with van der Waals surface area (Å²) in [6.45, 7) is 4.48. The first kappa shape index (κ1) is 16.9. The normalized spacial score (nSPS) is 10.7. The lowest BCUT2D eigenvalue weighted by Crippen LogP contribution is -2.07. The molecule has 0 atom stereocenters. The molecule has 6 heteroatoms. The maximum Gasteiger partial charge on any atom is 0.180 e. The van der Waals surface area contributed by atoms with E-state index in [-0.39, 0.29) is 0 Å². The molecule has 3 aromatic heterocycles. The number of pyridine rings is 1. The molecule has 0 saturated heterocycles. The highest BCUT2D eigenvalue weighted by Crippen LogP contribution is 2.22. The van der Waals surface area contributed by atoms with Crippen molar-refractivity contribution in [2.75, 3.05) is 5.32 Å². The molecule has 0 aliphatic carbocycles. The second kappa shape index (κ2) is 7.37. The lowest BCUT2D eigenvalue weighted by molar-refractivity contribution is 0.424. The fourth-order valence-electron chi connectivity index (χ4n) is 2.72. The minimum Gasteiger partial charge on any atom is -0.364 e. The van der Waals surface area contributed by atoms with Crippen molar-refractivity contribution in [2.45, 2.75) is 20.4 Å². The number of aryl methyl sites for hydroxylation is 1. The highest BCUT2D eigenvalue weighted by molar-refractivity contribution is 5.58. The van der Waals surface area contributed by atoms with Gasteiger partial charge in [-0.3, -0.25) is 4.98 Å². The fraction of sp³-hybridized carbons (Fsp3) is 0.143. The maximum absolute atomic E-state index is 5.45. The number of anilines is 1. The standard InChI is InChI=1S/C21H19N5O/c1-14-15(2)24-21(18-10-6-7-11-22-18)25-20(14)23-13-17-12-19(27-26-17)16-8-4-3-5-9-16/h3-12H,13H2,1-2H3,(H,23,24,25). The molecule has 1 N–H and O–H groups in total. The van der Waals surface area contributed by atoms with Gasteiger partial charge in [0.1, 0.15) is 17.2 Å². The van der Waals surface area contributed by atoms with Crippen LogP contribution >= 0.6 is 0 Å². The Morgan fingerprint density at radius 1 is 0.963 bits per heavy atom. The molecule has 0 unspecified atom stereocenters. The molecule has 0 radical (unpaired) electrons. The summed E-state index contributed by atoms with van der Waals surface area (Å²) in [6, 6.07) is 17.5. The van der Waals surface area contributed by atoms with E-state index in [9.17, 15) is 0 Å². The van der Waals surface area contributed by atoms with Crippen LogP contribution in [0.5, 0.6) is 0 Å². The molecule has 6 nitrogen and oxygen atoms in total. The number of rotatable bonds is 5. The van der Waals surface area contributed by atoms with Crippen LogP contribution < -0.4 is 5.32 Å². The third kappa shape index (κ3) is 3.69. The third-order valence-electron chi connectivity index (χ3n) is 4.34. The number of nitrogens with zero attached hydrogens (tertiary/aromatic N) is 4. The van der Waals surface area contributed by atoms with E-state index >= 15 is 0 Å². The lowest BCUT2D eigenvalue weighted by atomic mass is 10.1. The number of benzene rings is 1. The molecule has 0 spiro atoms. The van der Waals surface area contributed by atoms with E-state index in [4.69, 9.17) is 4.52 Å². The Labute approximate surface area is 157 Å². The molecule has 0 amide bonds. The van der Waals surface area contributed by atoms with Crippen LogP contribution in [0.2, 0.25) is 0 Å². The van der Waals surface area contributed by atoms with E-state index in [1.807, 2.05) is 68.4 Å². The largest absolute Gasteiger partial charge is 0.364 e. The summed E-state index contributed by atoms with van der Waals surface area (Å²) in [5.74, 6) is 2.12. The molecular weight excluding hydrogens is 338 g/mol. The van der Waals surface area contributed by atoms with E-state index in [2.05, 4.69) is 25.4 Å². The van der Waals surface area contributed by atoms with E-state index in [1.54, 1.807) is 6.20 Å². The monoisotopic (exact) mass is 357 g/mol. The zero-order chi connectivity index (χ0) is 18.6. The predicted molar refractivity (Wildman–Crippen MR) is 104 cm³/mol. The molecule has 0 fully saturated rings. The van der Waals surface area contributed by atoms with Gasteiger partial charge in [-0.05, 0) is 26.0 Å². The van der Waals surface area contributed by atoms with Crippen molar-refractivity contribution in [1.29, 1.82) is 0 Å². The highest BCUT2D eigenvalue weighted by Gasteiger charge is 2.12. The number of hydrogen-bond donors (Lipinski definition) is 1. The Kier molecular flexibility index (Phi) is 4.61. The van der Waals surface area contributed by atoms with Gasteiger partial charge in [-0.1, -0.05) is 41.6 Å². The van der Waals surface area contributed by atoms with Crippen molar-refractivity contribution in [3.63, 3.8) is 0 Å². The first-order valence-corrected chi connectivity index (χ1v) is 8.72. The van der Waals surface area contributed by atoms with Crippen LogP contribution in [-0.4, -0.2) is 20.1 Å². The summed E-state index contributed by atoms with van der Waals surface area (Å²) in [4.78, 5) is 13.5. The van der Waals surface area contributed by atoms with Crippen LogP contribution in [0, 0.1) is 13.8 Å². The van der Waals surface area contributed by atoms with Gasteiger partial charge in [0.05, 0.1) is 6.54 Å². The predicted octanol–water partition coefficient (Wildman–Crippen LogP) is 4.42. The smallest absolute Gasteiger partial charge is 0.180 e. The summed E-state index contributed by atoms with van der Waals surface area (Å²) >= 11 is 0. The third-order valence-corrected chi connectivity index (χ3v) is 4.34. The molecule has 0 aliphatic rings. The summed E-state index contributed by atoms with van der Waals surface area (Å²) in [5.41, 5.74) is 4.47. The molecule has 0 bridgehead atoms. The van der Waals surface area contributed by atoms with Crippen LogP contribution in [0.1, 0.15) is 17.0 Å². The van der Waals surface area contributed by atoms with Gasteiger partial charge in [0.15, 0.2) is 11.6 Å². The van der Waals surface area contributed by atoms with Gasteiger partial charge in [-0.25, -0.2) is 9.97 Å². The zero-order valence-electron chi connectivity index (χ0n) is 15.2. The Morgan fingerprint density at radius 2 is 1.78 bits per heavy atom. The van der Waals surface area contributed by atoms with Gasteiger partial charge in [-0.2, -0.15) is 0 Å². The molecule has 0 saturated carbocycles. The van der Waals surface area contributed by atoms with Crippen molar-refractivity contribution in [1.82, 2.24) is 20.1 Å². The van der Waals surface area contributed by atoms with E-state index in [0.29, 0.717) is 12.4 Å². The van der Waals surface area contributed by atoms with Gasteiger partial charge in [0.2, 0.25) is 0 Å². The Morgan fingerprint density at radius 3 is 2.56 bits per heavy atom.